The fraction of sp³-hybridized carbons (Fsp3) is 0.333. The summed E-state index contributed by atoms with van der Waals surface area (Å²) >= 11 is 0. The van der Waals surface area contributed by atoms with E-state index in [-0.39, 0.29) is 5.56 Å². The molecule has 0 unspecified atom stereocenters. The van der Waals surface area contributed by atoms with E-state index in [1.54, 1.807) is 4.57 Å². The molecule has 0 aromatic carbocycles. The van der Waals surface area contributed by atoms with Crippen LogP contribution in [0.3, 0.4) is 0 Å². The number of hydrogen-bond acceptors (Lipinski definition) is 1. The number of aryl methyl sites for hydroxylation is 2. The van der Waals surface area contributed by atoms with Crippen molar-refractivity contribution in [2.75, 3.05) is 0 Å². The first-order valence-electron chi connectivity index (χ1n) is 4.31. The standard InChI is InChI=1S/C9H11N3O/c1-3-7-6-12-5-4-11(2)9(12)8(13)10-7/h4-6H,3H2,1-2H3/p+1. The van der Waals surface area contributed by atoms with E-state index in [4.69, 9.17) is 0 Å². The molecule has 0 aliphatic carbocycles. The van der Waals surface area contributed by atoms with Crippen LogP contribution in [0.25, 0.3) is 5.65 Å². The first-order valence-corrected chi connectivity index (χ1v) is 4.31. The van der Waals surface area contributed by atoms with Crippen molar-refractivity contribution >= 4 is 5.65 Å². The van der Waals surface area contributed by atoms with Gasteiger partial charge in [-0.05, 0) is 6.42 Å². The zero-order valence-electron chi connectivity index (χ0n) is 7.74. The Hall–Kier alpha value is -1.58. The highest BCUT2D eigenvalue weighted by Gasteiger charge is 2.11. The van der Waals surface area contributed by atoms with Gasteiger partial charge in [-0.25, -0.2) is 4.57 Å². The van der Waals surface area contributed by atoms with Gasteiger partial charge < -0.3 is 4.98 Å². The average molecular weight is 178 g/mol. The maximum absolute atomic E-state index is 11.5. The SMILES string of the molecule is CCc1cn2cc[n+](C)c2c(=O)[nH]1. The summed E-state index contributed by atoms with van der Waals surface area (Å²) in [5, 5.41) is 0. The Balaban J connectivity index is 2.87. The fourth-order valence-corrected chi connectivity index (χ4v) is 1.46. The van der Waals surface area contributed by atoms with Gasteiger partial charge in [-0.2, -0.15) is 4.40 Å². The van der Waals surface area contributed by atoms with Crippen molar-refractivity contribution < 1.29 is 4.57 Å². The molecule has 2 heterocycles. The van der Waals surface area contributed by atoms with E-state index < -0.39 is 0 Å². The predicted octanol–water partition coefficient (Wildman–Crippen LogP) is 0.0145. The molecule has 0 aliphatic heterocycles. The lowest BCUT2D eigenvalue weighted by molar-refractivity contribution is -0.645. The van der Waals surface area contributed by atoms with E-state index in [1.807, 2.05) is 37.0 Å². The molecule has 68 valence electrons. The summed E-state index contributed by atoms with van der Waals surface area (Å²) in [5.74, 6) is 0. The molecule has 4 nitrogen and oxygen atoms in total. The van der Waals surface area contributed by atoms with E-state index in [2.05, 4.69) is 4.98 Å². The molecule has 2 aromatic rings. The molecule has 0 saturated carbocycles. The molecule has 0 bridgehead atoms. The molecule has 2 rings (SSSR count). The van der Waals surface area contributed by atoms with Crippen LogP contribution in [-0.4, -0.2) is 9.38 Å². The van der Waals surface area contributed by atoms with E-state index in [0.29, 0.717) is 5.65 Å². The number of imidazole rings is 1. The number of H-pyrrole nitrogens is 1. The molecule has 0 aliphatic rings. The Morgan fingerprint density at radius 3 is 3.08 bits per heavy atom. The Labute approximate surface area is 75.5 Å². The average Bonchev–Trinajstić information content (AvgIpc) is 2.48. The van der Waals surface area contributed by atoms with Crippen LogP contribution in [0.2, 0.25) is 0 Å². The summed E-state index contributed by atoms with van der Waals surface area (Å²) in [4.78, 5) is 14.4. The zero-order chi connectivity index (χ0) is 9.42. The van der Waals surface area contributed by atoms with Crippen LogP contribution < -0.4 is 10.1 Å². The van der Waals surface area contributed by atoms with Crippen molar-refractivity contribution in [3.63, 3.8) is 0 Å². The van der Waals surface area contributed by atoms with Crippen LogP contribution in [0.4, 0.5) is 0 Å². The fourth-order valence-electron chi connectivity index (χ4n) is 1.46. The summed E-state index contributed by atoms with van der Waals surface area (Å²) in [6.07, 6.45) is 6.53. The van der Waals surface area contributed by atoms with Gasteiger partial charge in [0.15, 0.2) is 0 Å². The van der Waals surface area contributed by atoms with Crippen molar-refractivity contribution in [3.05, 3.63) is 34.6 Å². The first kappa shape index (κ1) is 8.04. The summed E-state index contributed by atoms with van der Waals surface area (Å²) in [6.45, 7) is 2.01. The van der Waals surface area contributed by atoms with Gasteiger partial charge in [-0.1, -0.05) is 6.92 Å². The molecule has 0 radical (unpaired) electrons. The molecule has 0 spiro atoms. The van der Waals surface area contributed by atoms with E-state index >= 15 is 0 Å². The van der Waals surface area contributed by atoms with Gasteiger partial charge in [0.1, 0.15) is 18.6 Å². The van der Waals surface area contributed by atoms with Crippen molar-refractivity contribution in [2.24, 2.45) is 7.05 Å². The summed E-state index contributed by atoms with van der Waals surface area (Å²) in [6, 6.07) is 0. The van der Waals surface area contributed by atoms with Crippen molar-refractivity contribution in [3.8, 4) is 0 Å². The second kappa shape index (κ2) is 2.73. The largest absolute Gasteiger partial charge is 0.352 e. The number of rotatable bonds is 1. The maximum Gasteiger partial charge on any atom is 0.352 e. The Kier molecular flexibility index (Phi) is 1.69. The quantitative estimate of drug-likeness (QED) is 0.614. The van der Waals surface area contributed by atoms with Crippen LogP contribution in [0.15, 0.2) is 23.4 Å². The molecule has 4 heteroatoms. The van der Waals surface area contributed by atoms with Gasteiger partial charge in [0.2, 0.25) is 0 Å². The number of fused-ring (bicyclic) bond motifs is 1. The number of aromatic nitrogens is 3. The molecule has 2 aromatic heterocycles. The highest BCUT2D eigenvalue weighted by molar-refractivity contribution is 5.28. The molecule has 13 heavy (non-hydrogen) atoms. The van der Waals surface area contributed by atoms with Gasteiger partial charge in [-0.15, -0.1) is 0 Å². The summed E-state index contributed by atoms with van der Waals surface area (Å²) < 4.78 is 3.65. The maximum atomic E-state index is 11.5. The highest BCUT2D eigenvalue weighted by Crippen LogP contribution is 1.94. The smallest absolute Gasteiger partial charge is 0.316 e. The third kappa shape index (κ3) is 1.14. The molecule has 0 saturated heterocycles. The van der Waals surface area contributed by atoms with E-state index in [1.165, 1.54) is 0 Å². The third-order valence-corrected chi connectivity index (χ3v) is 2.18. The lowest BCUT2D eigenvalue weighted by Crippen LogP contribution is -2.32. The monoisotopic (exact) mass is 178 g/mol. The Morgan fingerprint density at radius 1 is 1.62 bits per heavy atom. The number of aromatic amines is 1. The molecule has 1 N–H and O–H groups in total. The molecule has 0 amide bonds. The minimum absolute atomic E-state index is 0.0353. The van der Waals surface area contributed by atoms with Crippen molar-refractivity contribution in [1.82, 2.24) is 9.38 Å². The van der Waals surface area contributed by atoms with Crippen LogP contribution in [0.1, 0.15) is 12.6 Å². The Morgan fingerprint density at radius 2 is 2.38 bits per heavy atom. The molecular weight excluding hydrogens is 166 g/mol. The molecule has 0 fully saturated rings. The van der Waals surface area contributed by atoms with Crippen LogP contribution in [-0.2, 0) is 13.5 Å². The lowest BCUT2D eigenvalue weighted by Gasteiger charge is -1.93. The van der Waals surface area contributed by atoms with Gasteiger partial charge in [-0.3, -0.25) is 4.79 Å². The van der Waals surface area contributed by atoms with Gasteiger partial charge in [0.05, 0.1) is 12.7 Å². The van der Waals surface area contributed by atoms with Crippen molar-refractivity contribution in [2.45, 2.75) is 13.3 Å². The predicted molar refractivity (Wildman–Crippen MR) is 48.6 cm³/mol. The molecule has 0 atom stereocenters. The van der Waals surface area contributed by atoms with Crippen LogP contribution in [0, 0.1) is 0 Å². The number of nitrogens with zero attached hydrogens (tertiary/aromatic N) is 2. The van der Waals surface area contributed by atoms with Crippen molar-refractivity contribution in [1.29, 1.82) is 0 Å². The molecular formula is C9H12N3O+. The van der Waals surface area contributed by atoms with E-state index in [0.717, 1.165) is 12.1 Å². The number of nitrogens with one attached hydrogen (secondary N) is 1. The summed E-state index contributed by atoms with van der Waals surface area (Å²) in [7, 11) is 1.86. The second-order valence-corrected chi connectivity index (χ2v) is 3.10. The van der Waals surface area contributed by atoms with Crippen LogP contribution >= 0.6 is 0 Å². The van der Waals surface area contributed by atoms with E-state index in [9.17, 15) is 4.79 Å². The van der Waals surface area contributed by atoms with Gasteiger partial charge >= 0.3 is 11.2 Å². The lowest BCUT2D eigenvalue weighted by atomic mass is 10.3. The normalized spacial score (nSPS) is 10.9. The van der Waals surface area contributed by atoms with Gasteiger partial charge in [0, 0.05) is 0 Å². The minimum atomic E-state index is -0.0353. The van der Waals surface area contributed by atoms with Crippen LogP contribution in [0.5, 0.6) is 0 Å². The third-order valence-electron chi connectivity index (χ3n) is 2.18. The number of hydrogen-bond donors (Lipinski definition) is 1. The topological polar surface area (TPSA) is 41.1 Å². The van der Waals surface area contributed by atoms with Gasteiger partial charge in [0.25, 0.3) is 0 Å². The Bertz CT molecular complexity index is 495. The zero-order valence-corrected chi connectivity index (χ0v) is 7.74. The first-order chi connectivity index (χ1) is 6.22. The second-order valence-electron chi connectivity index (χ2n) is 3.10. The minimum Gasteiger partial charge on any atom is -0.316 e. The summed E-state index contributed by atoms with van der Waals surface area (Å²) in [5.41, 5.74) is 1.58. The highest BCUT2D eigenvalue weighted by atomic mass is 16.1.